The van der Waals surface area contributed by atoms with Crippen LogP contribution in [0.25, 0.3) is 0 Å². The van der Waals surface area contributed by atoms with Crippen LogP contribution in [-0.2, 0) is 16.0 Å². The summed E-state index contributed by atoms with van der Waals surface area (Å²) >= 11 is 1.44. The first kappa shape index (κ1) is 10.4. The Bertz CT molecular complexity index is 347. The van der Waals surface area contributed by atoms with Gasteiger partial charge in [0.05, 0.1) is 24.8 Å². The van der Waals surface area contributed by atoms with Crippen molar-refractivity contribution in [1.29, 1.82) is 0 Å². The van der Waals surface area contributed by atoms with Crippen LogP contribution in [-0.4, -0.2) is 35.3 Å². The molecule has 15 heavy (non-hydrogen) atoms. The standard InChI is InChI=1S/C9H12N2O3S/c12-8(13)3-7-5-15-9(11-7)10-6-1-2-14-4-6/h5-6H,1-4H2,(H,10,11)(H,12,13). The third-order valence-electron chi connectivity index (χ3n) is 2.14. The highest BCUT2D eigenvalue weighted by Crippen LogP contribution is 2.19. The second-order valence-corrected chi connectivity index (χ2v) is 4.28. The molecule has 0 aromatic carbocycles. The number of aromatic nitrogens is 1. The van der Waals surface area contributed by atoms with Crippen molar-refractivity contribution in [3.8, 4) is 0 Å². The molecule has 0 amide bonds. The molecule has 0 spiro atoms. The number of carboxylic acid groups (broad SMARTS) is 1. The molecular formula is C9H12N2O3S. The summed E-state index contributed by atoms with van der Waals surface area (Å²) in [4.78, 5) is 14.6. The normalized spacial score (nSPS) is 20.4. The summed E-state index contributed by atoms with van der Waals surface area (Å²) in [6, 6.07) is 0.314. The van der Waals surface area contributed by atoms with Crippen molar-refractivity contribution in [3.63, 3.8) is 0 Å². The van der Waals surface area contributed by atoms with E-state index in [2.05, 4.69) is 10.3 Å². The van der Waals surface area contributed by atoms with Crippen LogP contribution in [0, 0.1) is 0 Å². The zero-order valence-electron chi connectivity index (χ0n) is 8.10. The predicted molar refractivity (Wildman–Crippen MR) is 56.3 cm³/mol. The first-order valence-electron chi connectivity index (χ1n) is 4.74. The van der Waals surface area contributed by atoms with Gasteiger partial charge in [-0.05, 0) is 6.42 Å². The lowest BCUT2D eigenvalue weighted by molar-refractivity contribution is -0.136. The number of anilines is 1. The molecule has 1 aromatic rings. The molecule has 2 rings (SSSR count). The van der Waals surface area contributed by atoms with Gasteiger partial charge < -0.3 is 15.2 Å². The maximum atomic E-state index is 10.4. The molecule has 1 aliphatic heterocycles. The Morgan fingerprint density at radius 3 is 3.33 bits per heavy atom. The van der Waals surface area contributed by atoms with Crippen LogP contribution >= 0.6 is 11.3 Å². The zero-order valence-corrected chi connectivity index (χ0v) is 8.92. The Labute approximate surface area is 91.1 Å². The van der Waals surface area contributed by atoms with E-state index in [0.29, 0.717) is 18.3 Å². The summed E-state index contributed by atoms with van der Waals surface area (Å²) in [5.41, 5.74) is 0.605. The van der Waals surface area contributed by atoms with Crippen molar-refractivity contribution in [2.45, 2.75) is 18.9 Å². The van der Waals surface area contributed by atoms with Gasteiger partial charge in [0.25, 0.3) is 0 Å². The molecule has 2 N–H and O–H groups in total. The monoisotopic (exact) mass is 228 g/mol. The van der Waals surface area contributed by atoms with E-state index >= 15 is 0 Å². The Balaban J connectivity index is 1.91. The van der Waals surface area contributed by atoms with Crippen molar-refractivity contribution in [2.75, 3.05) is 18.5 Å². The first-order valence-corrected chi connectivity index (χ1v) is 5.62. The van der Waals surface area contributed by atoms with E-state index < -0.39 is 5.97 Å². The van der Waals surface area contributed by atoms with E-state index in [1.54, 1.807) is 5.38 Å². The van der Waals surface area contributed by atoms with Gasteiger partial charge in [-0.2, -0.15) is 0 Å². The Morgan fingerprint density at radius 1 is 1.80 bits per heavy atom. The molecule has 1 atom stereocenters. The molecule has 5 nitrogen and oxygen atoms in total. The smallest absolute Gasteiger partial charge is 0.309 e. The van der Waals surface area contributed by atoms with Gasteiger partial charge in [-0.25, -0.2) is 4.98 Å². The fraction of sp³-hybridized carbons (Fsp3) is 0.556. The minimum atomic E-state index is -0.851. The number of hydrogen-bond donors (Lipinski definition) is 2. The molecule has 82 valence electrons. The summed E-state index contributed by atoms with van der Waals surface area (Å²) in [5.74, 6) is -0.851. The van der Waals surface area contributed by atoms with E-state index in [4.69, 9.17) is 9.84 Å². The lowest BCUT2D eigenvalue weighted by Gasteiger charge is -2.07. The highest BCUT2D eigenvalue weighted by molar-refractivity contribution is 7.13. The lowest BCUT2D eigenvalue weighted by atomic mass is 10.3. The molecule has 1 aliphatic rings. The number of carboxylic acids is 1. The largest absolute Gasteiger partial charge is 0.481 e. The predicted octanol–water partition coefficient (Wildman–Crippen LogP) is 0.971. The van der Waals surface area contributed by atoms with Crippen LogP contribution in [0.15, 0.2) is 5.38 Å². The SMILES string of the molecule is O=C(O)Cc1csc(NC2CCOC2)n1. The molecule has 0 aliphatic carbocycles. The molecular weight excluding hydrogens is 216 g/mol. The number of nitrogens with zero attached hydrogens (tertiary/aromatic N) is 1. The quantitative estimate of drug-likeness (QED) is 0.803. The second kappa shape index (κ2) is 4.59. The van der Waals surface area contributed by atoms with E-state index in [0.717, 1.165) is 18.2 Å². The highest BCUT2D eigenvalue weighted by atomic mass is 32.1. The average Bonchev–Trinajstić information content (AvgIpc) is 2.77. The lowest BCUT2D eigenvalue weighted by Crippen LogP contribution is -2.18. The maximum Gasteiger partial charge on any atom is 0.309 e. The van der Waals surface area contributed by atoms with Crippen LogP contribution in [0.2, 0.25) is 0 Å². The van der Waals surface area contributed by atoms with Crippen molar-refractivity contribution < 1.29 is 14.6 Å². The van der Waals surface area contributed by atoms with Crippen LogP contribution in [0.1, 0.15) is 12.1 Å². The van der Waals surface area contributed by atoms with E-state index in [9.17, 15) is 4.79 Å². The van der Waals surface area contributed by atoms with Gasteiger partial charge in [0, 0.05) is 12.0 Å². The van der Waals surface area contributed by atoms with E-state index in [1.165, 1.54) is 11.3 Å². The Morgan fingerprint density at radius 2 is 2.67 bits per heavy atom. The number of rotatable bonds is 4. The Kier molecular flexibility index (Phi) is 3.17. The average molecular weight is 228 g/mol. The molecule has 6 heteroatoms. The number of nitrogens with one attached hydrogen (secondary N) is 1. The molecule has 1 unspecified atom stereocenters. The molecule has 2 heterocycles. The summed E-state index contributed by atoms with van der Waals surface area (Å²) < 4.78 is 5.22. The number of thiazole rings is 1. The van der Waals surface area contributed by atoms with E-state index in [1.807, 2.05) is 0 Å². The van der Waals surface area contributed by atoms with Crippen LogP contribution in [0.4, 0.5) is 5.13 Å². The van der Waals surface area contributed by atoms with E-state index in [-0.39, 0.29) is 6.42 Å². The number of hydrogen-bond acceptors (Lipinski definition) is 5. The first-order chi connectivity index (χ1) is 7.24. The second-order valence-electron chi connectivity index (χ2n) is 3.42. The fourth-order valence-electron chi connectivity index (χ4n) is 1.43. The van der Waals surface area contributed by atoms with Gasteiger partial charge in [0.2, 0.25) is 0 Å². The third-order valence-corrected chi connectivity index (χ3v) is 2.96. The summed E-state index contributed by atoms with van der Waals surface area (Å²) in [5, 5.41) is 14.4. The van der Waals surface area contributed by atoms with Crippen molar-refractivity contribution >= 4 is 22.4 Å². The summed E-state index contributed by atoms with van der Waals surface area (Å²) in [6.45, 7) is 1.48. The molecule has 0 bridgehead atoms. The van der Waals surface area contributed by atoms with Crippen LogP contribution in [0.5, 0.6) is 0 Å². The van der Waals surface area contributed by atoms with Gasteiger partial charge in [0.1, 0.15) is 0 Å². The minimum absolute atomic E-state index is 0.0145. The van der Waals surface area contributed by atoms with Crippen molar-refractivity contribution in [3.05, 3.63) is 11.1 Å². The van der Waals surface area contributed by atoms with Crippen LogP contribution < -0.4 is 5.32 Å². The topological polar surface area (TPSA) is 71.5 Å². The van der Waals surface area contributed by atoms with Gasteiger partial charge >= 0.3 is 5.97 Å². The van der Waals surface area contributed by atoms with Gasteiger partial charge in [0.15, 0.2) is 5.13 Å². The molecule has 1 saturated heterocycles. The van der Waals surface area contributed by atoms with Gasteiger partial charge in [-0.3, -0.25) is 4.79 Å². The summed E-state index contributed by atoms with van der Waals surface area (Å²) in [6.07, 6.45) is 0.965. The Hall–Kier alpha value is -1.14. The van der Waals surface area contributed by atoms with Gasteiger partial charge in [-0.15, -0.1) is 11.3 Å². The van der Waals surface area contributed by atoms with Crippen LogP contribution in [0.3, 0.4) is 0 Å². The highest BCUT2D eigenvalue weighted by Gasteiger charge is 2.16. The minimum Gasteiger partial charge on any atom is -0.481 e. The number of aliphatic carboxylic acids is 1. The molecule has 0 radical (unpaired) electrons. The molecule has 0 saturated carbocycles. The number of ether oxygens (including phenoxy) is 1. The third kappa shape index (κ3) is 2.90. The van der Waals surface area contributed by atoms with Gasteiger partial charge in [-0.1, -0.05) is 0 Å². The zero-order chi connectivity index (χ0) is 10.7. The molecule has 1 fully saturated rings. The van der Waals surface area contributed by atoms with Crippen molar-refractivity contribution in [2.24, 2.45) is 0 Å². The molecule has 1 aromatic heterocycles. The summed E-state index contributed by atoms with van der Waals surface area (Å²) in [7, 11) is 0. The fourth-order valence-corrected chi connectivity index (χ4v) is 2.22. The van der Waals surface area contributed by atoms with Crippen molar-refractivity contribution in [1.82, 2.24) is 4.98 Å². The number of carbonyl (C=O) groups is 1. The maximum absolute atomic E-state index is 10.4.